The summed E-state index contributed by atoms with van der Waals surface area (Å²) in [6.45, 7) is 7.05. The maximum absolute atomic E-state index is 11.1. The number of guanidine groups is 1. The Balaban J connectivity index is 1.73. The zero-order chi connectivity index (χ0) is 20.3. The molecule has 1 heterocycles. The molecule has 2 aliphatic rings. The highest BCUT2D eigenvalue weighted by molar-refractivity contribution is 7.90. The van der Waals surface area contributed by atoms with Crippen molar-refractivity contribution in [2.24, 2.45) is 10.4 Å². The Kier molecular flexibility index (Phi) is 9.98. The van der Waals surface area contributed by atoms with Crippen LogP contribution in [0.15, 0.2) is 4.99 Å². The minimum Gasteiger partial charge on any atom is -0.379 e. The molecule has 0 aromatic rings. The molecule has 2 rings (SSSR count). The van der Waals surface area contributed by atoms with Crippen molar-refractivity contribution in [2.45, 2.75) is 32.1 Å². The first-order valence-electron chi connectivity index (χ1n) is 10.4. The molecule has 164 valence electrons. The third-order valence-corrected chi connectivity index (χ3v) is 6.48. The summed E-state index contributed by atoms with van der Waals surface area (Å²) in [5, 5.41) is 6.77. The Bertz CT molecular complexity index is 570. The van der Waals surface area contributed by atoms with E-state index in [1.165, 1.54) is 38.4 Å². The molecule has 1 saturated carbocycles. The van der Waals surface area contributed by atoms with Gasteiger partial charge in [-0.2, -0.15) is 0 Å². The molecule has 0 aromatic heterocycles. The van der Waals surface area contributed by atoms with Crippen molar-refractivity contribution in [3.8, 4) is 0 Å². The molecule has 0 unspecified atom stereocenters. The summed E-state index contributed by atoms with van der Waals surface area (Å²) in [5.41, 5.74) is 0.291. The molecule has 1 aliphatic heterocycles. The van der Waals surface area contributed by atoms with Gasteiger partial charge in [-0.05, 0) is 12.8 Å². The lowest BCUT2D eigenvalue weighted by Gasteiger charge is -2.42. The van der Waals surface area contributed by atoms with Crippen LogP contribution >= 0.6 is 0 Å². The number of rotatable bonds is 10. The summed E-state index contributed by atoms with van der Waals surface area (Å²) >= 11 is 0. The number of aliphatic imine (C=N–C) groups is 1. The van der Waals surface area contributed by atoms with Gasteiger partial charge >= 0.3 is 0 Å². The fourth-order valence-electron chi connectivity index (χ4n) is 3.97. The zero-order valence-corrected chi connectivity index (χ0v) is 18.4. The van der Waals surface area contributed by atoms with E-state index < -0.39 is 9.84 Å². The summed E-state index contributed by atoms with van der Waals surface area (Å²) in [6, 6.07) is 0. The molecule has 0 spiro atoms. The van der Waals surface area contributed by atoms with Gasteiger partial charge in [0.1, 0.15) is 9.84 Å². The summed E-state index contributed by atoms with van der Waals surface area (Å²) in [7, 11) is -1.19. The molecular formula is C19H38N4O4S. The van der Waals surface area contributed by atoms with Crippen LogP contribution in [0.3, 0.4) is 0 Å². The third kappa shape index (κ3) is 9.07. The Morgan fingerprint density at radius 3 is 2.50 bits per heavy atom. The highest BCUT2D eigenvalue weighted by atomic mass is 32.2. The molecule has 0 radical (unpaired) electrons. The van der Waals surface area contributed by atoms with E-state index >= 15 is 0 Å². The Hall–Kier alpha value is -0.900. The first-order valence-corrected chi connectivity index (χ1v) is 12.5. The normalized spacial score (nSPS) is 21.4. The van der Waals surface area contributed by atoms with Crippen molar-refractivity contribution in [1.29, 1.82) is 0 Å². The quantitative estimate of drug-likeness (QED) is 0.303. The van der Waals surface area contributed by atoms with Gasteiger partial charge in [-0.25, -0.2) is 8.42 Å². The monoisotopic (exact) mass is 418 g/mol. The number of nitrogens with zero attached hydrogens (tertiary/aromatic N) is 2. The molecule has 1 saturated heterocycles. The second kappa shape index (κ2) is 11.9. The average molecular weight is 419 g/mol. The molecule has 9 heteroatoms. The van der Waals surface area contributed by atoms with E-state index in [9.17, 15) is 8.42 Å². The minimum absolute atomic E-state index is 0.0596. The predicted molar refractivity (Wildman–Crippen MR) is 113 cm³/mol. The molecule has 8 nitrogen and oxygen atoms in total. The smallest absolute Gasteiger partial charge is 0.191 e. The molecular weight excluding hydrogens is 380 g/mol. The number of morpholine rings is 1. The summed E-state index contributed by atoms with van der Waals surface area (Å²) in [4.78, 5) is 6.86. The molecule has 28 heavy (non-hydrogen) atoms. The average Bonchev–Trinajstić information content (AvgIpc) is 2.67. The summed E-state index contributed by atoms with van der Waals surface area (Å²) < 4.78 is 33.1. The van der Waals surface area contributed by atoms with Crippen LogP contribution in [0.25, 0.3) is 0 Å². The van der Waals surface area contributed by atoms with E-state index in [1.54, 1.807) is 7.05 Å². The Labute approximate surface area is 170 Å². The molecule has 0 bridgehead atoms. The minimum atomic E-state index is -2.97. The first kappa shape index (κ1) is 23.4. The van der Waals surface area contributed by atoms with Gasteiger partial charge in [-0.15, -0.1) is 0 Å². The number of sulfone groups is 1. The van der Waals surface area contributed by atoms with Crippen LogP contribution in [-0.4, -0.2) is 97.5 Å². The topological polar surface area (TPSA) is 92.3 Å². The third-order valence-electron chi connectivity index (χ3n) is 5.57. The van der Waals surface area contributed by atoms with Gasteiger partial charge in [-0.1, -0.05) is 19.3 Å². The van der Waals surface area contributed by atoms with Crippen molar-refractivity contribution in [1.82, 2.24) is 15.5 Å². The molecule has 0 amide bonds. The van der Waals surface area contributed by atoms with E-state index in [2.05, 4.69) is 20.5 Å². The Morgan fingerprint density at radius 1 is 1.14 bits per heavy atom. The van der Waals surface area contributed by atoms with E-state index in [1.807, 2.05) is 0 Å². The van der Waals surface area contributed by atoms with Gasteiger partial charge in [0.05, 0.1) is 32.2 Å². The van der Waals surface area contributed by atoms with E-state index in [0.29, 0.717) is 18.6 Å². The van der Waals surface area contributed by atoms with Crippen LogP contribution in [-0.2, 0) is 19.3 Å². The van der Waals surface area contributed by atoms with Crippen LogP contribution in [0.1, 0.15) is 32.1 Å². The van der Waals surface area contributed by atoms with Crippen molar-refractivity contribution in [3.05, 3.63) is 0 Å². The lowest BCUT2D eigenvalue weighted by atomic mass is 9.73. The van der Waals surface area contributed by atoms with E-state index in [0.717, 1.165) is 45.4 Å². The number of ether oxygens (including phenoxy) is 2. The number of nitrogens with one attached hydrogen (secondary N) is 2. The zero-order valence-electron chi connectivity index (χ0n) is 17.5. The second-order valence-electron chi connectivity index (χ2n) is 8.04. The van der Waals surface area contributed by atoms with Crippen LogP contribution in [0.5, 0.6) is 0 Å². The summed E-state index contributed by atoms with van der Waals surface area (Å²) in [6.07, 6.45) is 7.66. The van der Waals surface area contributed by atoms with Crippen LogP contribution in [0.4, 0.5) is 0 Å². The lowest BCUT2D eigenvalue weighted by Crippen LogP contribution is -2.51. The highest BCUT2D eigenvalue weighted by Crippen LogP contribution is 2.36. The van der Waals surface area contributed by atoms with E-state index in [4.69, 9.17) is 9.47 Å². The SMILES string of the molecule is CN=C(NCCOCCS(C)(=O)=O)NCC1(CN2CCOCC2)CCCCC1. The van der Waals surface area contributed by atoms with Crippen LogP contribution in [0, 0.1) is 5.41 Å². The largest absolute Gasteiger partial charge is 0.379 e. The van der Waals surface area contributed by atoms with E-state index in [-0.39, 0.29) is 12.4 Å². The standard InChI is InChI=1S/C19H38N4O4S/c1-20-18(21-8-11-26-14-15-28(2,24)25)22-16-19(6-4-3-5-7-19)17-23-9-12-27-13-10-23/h3-17H2,1-2H3,(H2,20,21,22). The van der Waals surface area contributed by atoms with Crippen LogP contribution in [0.2, 0.25) is 0 Å². The molecule has 0 atom stereocenters. The second-order valence-corrected chi connectivity index (χ2v) is 10.3. The molecule has 2 fully saturated rings. The highest BCUT2D eigenvalue weighted by Gasteiger charge is 2.34. The van der Waals surface area contributed by atoms with Gasteiger partial charge in [0.2, 0.25) is 0 Å². The maximum atomic E-state index is 11.1. The van der Waals surface area contributed by atoms with Crippen molar-refractivity contribution < 1.29 is 17.9 Å². The fraction of sp³-hybridized carbons (Fsp3) is 0.947. The predicted octanol–water partition coefficient (Wildman–Crippen LogP) is 0.495. The lowest BCUT2D eigenvalue weighted by molar-refractivity contribution is 0.00820. The van der Waals surface area contributed by atoms with Crippen molar-refractivity contribution >= 4 is 15.8 Å². The van der Waals surface area contributed by atoms with Crippen molar-refractivity contribution in [2.75, 3.05) is 78.2 Å². The fourth-order valence-corrected chi connectivity index (χ4v) is 4.39. The molecule has 2 N–H and O–H groups in total. The van der Waals surface area contributed by atoms with Gasteiger partial charge in [0.15, 0.2) is 5.96 Å². The van der Waals surface area contributed by atoms with Gasteiger partial charge in [-0.3, -0.25) is 9.89 Å². The van der Waals surface area contributed by atoms with Crippen LogP contribution < -0.4 is 10.6 Å². The van der Waals surface area contributed by atoms with Gasteiger partial charge in [0.25, 0.3) is 0 Å². The summed E-state index contributed by atoms with van der Waals surface area (Å²) in [5.74, 6) is 0.836. The number of hydrogen-bond donors (Lipinski definition) is 2. The molecule has 0 aromatic carbocycles. The molecule has 1 aliphatic carbocycles. The Morgan fingerprint density at radius 2 is 1.86 bits per heavy atom. The number of hydrogen-bond acceptors (Lipinski definition) is 6. The van der Waals surface area contributed by atoms with Gasteiger partial charge < -0.3 is 20.1 Å². The van der Waals surface area contributed by atoms with Crippen molar-refractivity contribution in [3.63, 3.8) is 0 Å². The maximum Gasteiger partial charge on any atom is 0.191 e. The first-order chi connectivity index (χ1) is 13.4. The van der Waals surface area contributed by atoms with Gasteiger partial charge in [0, 0.05) is 51.4 Å².